The third-order valence-electron chi connectivity index (χ3n) is 4.31. The lowest BCUT2D eigenvalue weighted by atomic mass is 10.0. The Hall–Kier alpha value is -2.79. The summed E-state index contributed by atoms with van der Waals surface area (Å²) in [7, 11) is 0. The van der Waals surface area contributed by atoms with Gasteiger partial charge in [0.15, 0.2) is 0 Å². The SMILES string of the molecule is [2H]c1nc([2H])c(-c2ccc3cnc(NC(=O)CN4CCCC4)cc3c2)c([2H])c1[2H]. The van der Waals surface area contributed by atoms with E-state index in [0.717, 1.165) is 36.7 Å². The fourth-order valence-corrected chi connectivity index (χ4v) is 3.06. The standard InChI is InChI=1S/C20H20N4O/c25-20(14-24-8-1-2-9-24)23-19-11-18-10-15(5-6-17(18)13-22-19)16-4-3-7-21-12-16/h3-7,10-13H,1-2,8-9,14H2,(H,22,23,25)/i3D,4D,7D,12D. The van der Waals surface area contributed by atoms with E-state index in [9.17, 15) is 4.79 Å². The van der Waals surface area contributed by atoms with Gasteiger partial charge in [0.1, 0.15) is 5.82 Å². The van der Waals surface area contributed by atoms with Gasteiger partial charge < -0.3 is 5.32 Å². The van der Waals surface area contributed by atoms with Gasteiger partial charge in [0, 0.05) is 29.5 Å². The van der Waals surface area contributed by atoms with Crippen LogP contribution >= 0.6 is 0 Å². The van der Waals surface area contributed by atoms with Gasteiger partial charge in [-0.3, -0.25) is 14.7 Å². The van der Waals surface area contributed by atoms with Crippen molar-refractivity contribution in [3.63, 3.8) is 0 Å². The zero-order valence-electron chi connectivity index (χ0n) is 17.7. The summed E-state index contributed by atoms with van der Waals surface area (Å²) in [5.41, 5.74) is 0.776. The Balaban J connectivity index is 1.64. The minimum atomic E-state index is -0.378. The van der Waals surface area contributed by atoms with Crippen LogP contribution in [0.1, 0.15) is 18.3 Å². The van der Waals surface area contributed by atoms with Crippen LogP contribution in [0.2, 0.25) is 0 Å². The quantitative estimate of drug-likeness (QED) is 0.794. The summed E-state index contributed by atoms with van der Waals surface area (Å²) in [6.07, 6.45) is 3.32. The lowest BCUT2D eigenvalue weighted by Gasteiger charge is -2.14. The second kappa shape index (κ2) is 6.99. The molecule has 5 nitrogen and oxygen atoms in total. The summed E-state index contributed by atoms with van der Waals surface area (Å²) >= 11 is 0. The van der Waals surface area contributed by atoms with Crippen molar-refractivity contribution in [2.45, 2.75) is 12.8 Å². The molecule has 3 aromatic rings. The Bertz CT molecular complexity index is 1100. The molecule has 1 saturated heterocycles. The summed E-state index contributed by atoms with van der Waals surface area (Å²) in [6, 6.07) is 6.59. The minimum Gasteiger partial charge on any atom is -0.310 e. The fraction of sp³-hybridized carbons (Fsp3) is 0.250. The third kappa shape index (κ3) is 3.67. The van der Waals surface area contributed by atoms with Crippen LogP contribution in [0.3, 0.4) is 0 Å². The number of fused-ring (bicyclic) bond motifs is 1. The lowest BCUT2D eigenvalue weighted by Crippen LogP contribution is -2.31. The molecular formula is C20H20N4O. The molecular weight excluding hydrogens is 312 g/mol. The Morgan fingerprint density at radius 3 is 2.96 bits per heavy atom. The minimum absolute atomic E-state index is 0.106. The number of nitrogens with zero attached hydrogens (tertiary/aromatic N) is 3. The van der Waals surface area contributed by atoms with Crippen molar-refractivity contribution >= 4 is 22.5 Å². The van der Waals surface area contributed by atoms with Gasteiger partial charge in [-0.25, -0.2) is 4.98 Å². The summed E-state index contributed by atoms with van der Waals surface area (Å²) in [5.74, 6) is 0.336. The Kier molecular flexibility index (Phi) is 3.27. The van der Waals surface area contributed by atoms with Crippen molar-refractivity contribution in [2.24, 2.45) is 0 Å². The Labute approximate surface area is 152 Å². The van der Waals surface area contributed by atoms with Gasteiger partial charge >= 0.3 is 0 Å². The highest BCUT2D eigenvalue weighted by Gasteiger charge is 2.15. The zero-order chi connectivity index (χ0) is 20.5. The first kappa shape index (κ1) is 11.7. The molecule has 3 heterocycles. The zero-order valence-corrected chi connectivity index (χ0v) is 13.7. The number of nitrogens with one attached hydrogen (secondary N) is 1. The van der Waals surface area contributed by atoms with Crippen molar-refractivity contribution in [3.8, 4) is 11.1 Å². The molecule has 5 heteroatoms. The van der Waals surface area contributed by atoms with E-state index >= 15 is 0 Å². The van der Waals surface area contributed by atoms with E-state index in [2.05, 4.69) is 20.2 Å². The van der Waals surface area contributed by atoms with Gasteiger partial charge in [-0.05, 0) is 55.1 Å². The van der Waals surface area contributed by atoms with E-state index in [1.54, 1.807) is 24.4 Å². The monoisotopic (exact) mass is 336 g/mol. The van der Waals surface area contributed by atoms with E-state index in [4.69, 9.17) is 5.48 Å². The topological polar surface area (TPSA) is 58.1 Å². The first-order valence-corrected chi connectivity index (χ1v) is 8.29. The highest BCUT2D eigenvalue weighted by molar-refractivity contribution is 5.94. The fourth-order valence-electron chi connectivity index (χ4n) is 3.06. The molecule has 0 unspecified atom stereocenters. The van der Waals surface area contributed by atoms with E-state index in [-0.39, 0.29) is 35.9 Å². The normalized spacial score (nSPS) is 17.0. The first-order valence-electron chi connectivity index (χ1n) is 10.3. The molecule has 0 radical (unpaired) electrons. The largest absolute Gasteiger partial charge is 0.310 e. The number of benzene rings is 1. The highest BCUT2D eigenvalue weighted by atomic mass is 16.2. The molecule has 4 rings (SSSR count). The number of likely N-dealkylation sites (tertiary alicyclic amines) is 1. The van der Waals surface area contributed by atoms with E-state index in [1.165, 1.54) is 0 Å². The van der Waals surface area contributed by atoms with Gasteiger partial charge in [-0.2, -0.15) is 0 Å². The average molecular weight is 336 g/mol. The van der Waals surface area contributed by atoms with Crippen LogP contribution in [0.15, 0.2) is 54.9 Å². The molecule has 0 atom stereocenters. The lowest BCUT2D eigenvalue weighted by molar-refractivity contribution is -0.117. The number of hydrogen-bond donors (Lipinski definition) is 1. The van der Waals surface area contributed by atoms with Crippen molar-refractivity contribution in [1.29, 1.82) is 0 Å². The van der Waals surface area contributed by atoms with Crippen LogP contribution in [-0.2, 0) is 4.79 Å². The Morgan fingerprint density at radius 1 is 1.20 bits per heavy atom. The molecule has 126 valence electrons. The van der Waals surface area contributed by atoms with Crippen molar-refractivity contribution in [1.82, 2.24) is 14.9 Å². The first-order chi connectivity index (χ1) is 13.9. The average Bonchev–Trinajstić information content (AvgIpc) is 3.19. The maximum Gasteiger partial charge on any atom is 0.239 e. The maximum absolute atomic E-state index is 12.3. The van der Waals surface area contributed by atoms with Gasteiger partial charge in [0.05, 0.1) is 12.0 Å². The molecule has 2 aromatic heterocycles. The number of rotatable bonds is 4. The molecule has 25 heavy (non-hydrogen) atoms. The van der Waals surface area contributed by atoms with Crippen LogP contribution < -0.4 is 5.32 Å². The molecule has 0 saturated carbocycles. The number of carbonyl (C=O) groups is 1. The number of anilines is 1. The summed E-state index contributed by atoms with van der Waals surface area (Å²) in [6.45, 7) is 2.23. The molecule has 1 N–H and O–H groups in total. The molecule has 1 aliphatic rings. The molecule has 1 aromatic carbocycles. The number of hydrogen-bond acceptors (Lipinski definition) is 4. The van der Waals surface area contributed by atoms with Crippen LogP contribution in [0.5, 0.6) is 0 Å². The maximum atomic E-state index is 12.3. The van der Waals surface area contributed by atoms with Crippen LogP contribution in [-0.4, -0.2) is 40.4 Å². The van der Waals surface area contributed by atoms with Gasteiger partial charge in [0.25, 0.3) is 0 Å². The van der Waals surface area contributed by atoms with Gasteiger partial charge in [0.2, 0.25) is 5.91 Å². The number of amides is 1. The van der Waals surface area contributed by atoms with Crippen LogP contribution in [0, 0.1) is 0 Å². The molecule has 0 bridgehead atoms. The van der Waals surface area contributed by atoms with E-state index in [0.29, 0.717) is 17.9 Å². The van der Waals surface area contributed by atoms with Crippen molar-refractivity contribution < 1.29 is 10.3 Å². The molecule has 1 fully saturated rings. The predicted molar refractivity (Wildman–Crippen MR) is 99.3 cm³/mol. The van der Waals surface area contributed by atoms with E-state index in [1.807, 2.05) is 6.07 Å². The number of aromatic nitrogens is 2. The van der Waals surface area contributed by atoms with Crippen molar-refractivity contribution in [3.05, 3.63) is 54.9 Å². The molecule has 1 amide bonds. The molecule has 0 aliphatic carbocycles. The number of carbonyl (C=O) groups excluding carboxylic acids is 1. The van der Waals surface area contributed by atoms with Gasteiger partial charge in [-0.1, -0.05) is 18.2 Å². The second-order valence-electron chi connectivity index (χ2n) is 6.12. The predicted octanol–water partition coefficient (Wildman–Crippen LogP) is 3.33. The third-order valence-corrected chi connectivity index (χ3v) is 4.31. The molecule has 1 aliphatic heterocycles. The Morgan fingerprint density at radius 2 is 2.08 bits per heavy atom. The summed E-state index contributed by atoms with van der Waals surface area (Å²) in [4.78, 5) is 22.4. The molecule has 0 spiro atoms. The van der Waals surface area contributed by atoms with Crippen LogP contribution in [0.25, 0.3) is 21.9 Å². The summed E-state index contributed by atoms with van der Waals surface area (Å²) < 4.78 is 31.5. The van der Waals surface area contributed by atoms with E-state index < -0.39 is 0 Å². The second-order valence-corrected chi connectivity index (χ2v) is 6.12. The summed E-state index contributed by atoms with van der Waals surface area (Å²) in [5, 5.41) is 4.46. The highest BCUT2D eigenvalue weighted by Crippen LogP contribution is 2.24. The van der Waals surface area contributed by atoms with Crippen LogP contribution in [0.4, 0.5) is 5.82 Å². The van der Waals surface area contributed by atoms with Gasteiger partial charge in [-0.15, -0.1) is 0 Å². The number of pyridine rings is 2. The smallest absolute Gasteiger partial charge is 0.239 e. The van der Waals surface area contributed by atoms with Crippen molar-refractivity contribution in [2.75, 3.05) is 25.0 Å².